The Kier molecular flexibility index (Phi) is 4.90. The minimum Gasteiger partial charge on any atom is -0.334 e. The summed E-state index contributed by atoms with van der Waals surface area (Å²) in [7, 11) is 0. The molecular formula is C16H20N4O. The summed E-state index contributed by atoms with van der Waals surface area (Å²) in [6.07, 6.45) is 3.49. The molecular weight excluding hydrogens is 264 g/mol. The molecule has 0 aliphatic rings. The van der Waals surface area contributed by atoms with Crippen LogP contribution in [-0.4, -0.2) is 11.0 Å². The standard InChI is InChI=1S/C16H20N4O/c1-11-7-8-18-9-14(11)10-19-16(21)20-15-5-3-13(4-6-15)12(2)17/h3-9,12H,10,17H2,1-2H3,(H2,19,20,21). The summed E-state index contributed by atoms with van der Waals surface area (Å²) in [5.74, 6) is 0. The highest BCUT2D eigenvalue weighted by atomic mass is 16.2. The topological polar surface area (TPSA) is 80.0 Å². The molecule has 5 nitrogen and oxygen atoms in total. The van der Waals surface area contributed by atoms with Crippen LogP contribution in [0.3, 0.4) is 0 Å². The Labute approximate surface area is 124 Å². The molecule has 0 fully saturated rings. The van der Waals surface area contributed by atoms with E-state index in [4.69, 9.17) is 5.73 Å². The molecule has 2 aromatic rings. The van der Waals surface area contributed by atoms with Crippen LogP contribution in [0.1, 0.15) is 29.7 Å². The van der Waals surface area contributed by atoms with Gasteiger partial charge in [0.25, 0.3) is 0 Å². The smallest absolute Gasteiger partial charge is 0.319 e. The van der Waals surface area contributed by atoms with Gasteiger partial charge in [-0.25, -0.2) is 4.79 Å². The predicted molar refractivity (Wildman–Crippen MR) is 83.9 cm³/mol. The van der Waals surface area contributed by atoms with E-state index in [-0.39, 0.29) is 12.1 Å². The minimum absolute atomic E-state index is 0.0126. The molecule has 0 spiro atoms. The number of nitrogens with two attached hydrogens (primary N) is 1. The number of hydrogen-bond donors (Lipinski definition) is 3. The van der Waals surface area contributed by atoms with Gasteiger partial charge in [0.2, 0.25) is 0 Å². The van der Waals surface area contributed by atoms with Crippen LogP contribution in [0, 0.1) is 6.92 Å². The Balaban J connectivity index is 1.88. The van der Waals surface area contributed by atoms with Crippen molar-refractivity contribution in [2.75, 3.05) is 5.32 Å². The Morgan fingerprint density at radius 2 is 2.00 bits per heavy atom. The monoisotopic (exact) mass is 284 g/mol. The normalized spacial score (nSPS) is 11.8. The first-order valence-electron chi connectivity index (χ1n) is 6.86. The number of carbonyl (C=O) groups is 1. The number of urea groups is 1. The molecule has 0 aliphatic heterocycles. The Bertz CT molecular complexity index is 608. The molecule has 1 atom stereocenters. The lowest BCUT2D eigenvalue weighted by atomic mass is 10.1. The van der Waals surface area contributed by atoms with Crippen LogP contribution in [0.4, 0.5) is 10.5 Å². The lowest BCUT2D eigenvalue weighted by Gasteiger charge is -2.10. The van der Waals surface area contributed by atoms with Crippen LogP contribution < -0.4 is 16.4 Å². The fourth-order valence-corrected chi connectivity index (χ4v) is 1.90. The summed E-state index contributed by atoms with van der Waals surface area (Å²) in [5, 5.41) is 5.60. The maximum atomic E-state index is 11.8. The fourth-order valence-electron chi connectivity index (χ4n) is 1.90. The molecule has 0 radical (unpaired) electrons. The van der Waals surface area contributed by atoms with Crippen LogP contribution in [0.5, 0.6) is 0 Å². The number of nitrogens with one attached hydrogen (secondary N) is 2. The van der Waals surface area contributed by atoms with E-state index in [0.717, 1.165) is 22.4 Å². The molecule has 1 aromatic heterocycles. The first kappa shape index (κ1) is 15.0. The average molecular weight is 284 g/mol. The van der Waals surface area contributed by atoms with Gasteiger partial charge >= 0.3 is 6.03 Å². The van der Waals surface area contributed by atoms with Gasteiger partial charge in [0.05, 0.1) is 0 Å². The third-order valence-corrected chi connectivity index (χ3v) is 3.28. The second kappa shape index (κ2) is 6.85. The summed E-state index contributed by atoms with van der Waals surface area (Å²) >= 11 is 0. The van der Waals surface area contributed by atoms with Crippen molar-refractivity contribution >= 4 is 11.7 Å². The average Bonchev–Trinajstić information content (AvgIpc) is 2.47. The molecule has 21 heavy (non-hydrogen) atoms. The van der Waals surface area contributed by atoms with Crippen molar-refractivity contribution in [1.29, 1.82) is 0 Å². The third-order valence-electron chi connectivity index (χ3n) is 3.28. The van der Waals surface area contributed by atoms with E-state index in [0.29, 0.717) is 6.54 Å². The zero-order chi connectivity index (χ0) is 15.2. The number of anilines is 1. The van der Waals surface area contributed by atoms with Crippen molar-refractivity contribution in [1.82, 2.24) is 10.3 Å². The fraction of sp³-hybridized carbons (Fsp3) is 0.250. The number of benzene rings is 1. The molecule has 2 rings (SSSR count). The third kappa shape index (κ3) is 4.29. The van der Waals surface area contributed by atoms with Gasteiger partial charge in [-0.05, 0) is 48.7 Å². The number of amides is 2. The van der Waals surface area contributed by atoms with Gasteiger partial charge < -0.3 is 16.4 Å². The summed E-state index contributed by atoms with van der Waals surface area (Å²) in [4.78, 5) is 15.9. The number of nitrogens with zero attached hydrogens (tertiary/aromatic N) is 1. The summed E-state index contributed by atoms with van der Waals surface area (Å²) in [6.45, 7) is 4.36. The number of aromatic nitrogens is 1. The van der Waals surface area contributed by atoms with Crippen molar-refractivity contribution in [2.45, 2.75) is 26.4 Å². The summed E-state index contributed by atoms with van der Waals surface area (Å²) in [6, 6.07) is 9.16. The van der Waals surface area contributed by atoms with E-state index in [1.54, 1.807) is 12.4 Å². The largest absolute Gasteiger partial charge is 0.334 e. The van der Waals surface area contributed by atoms with E-state index in [2.05, 4.69) is 15.6 Å². The Morgan fingerprint density at radius 3 is 2.62 bits per heavy atom. The molecule has 5 heteroatoms. The molecule has 1 heterocycles. The lowest BCUT2D eigenvalue weighted by Crippen LogP contribution is -2.28. The molecule has 0 saturated carbocycles. The number of hydrogen-bond acceptors (Lipinski definition) is 3. The highest BCUT2D eigenvalue weighted by Gasteiger charge is 2.04. The van der Waals surface area contributed by atoms with Crippen LogP contribution in [-0.2, 0) is 6.54 Å². The lowest BCUT2D eigenvalue weighted by molar-refractivity contribution is 0.251. The van der Waals surface area contributed by atoms with E-state index < -0.39 is 0 Å². The second-order valence-corrected chi connectivity index (χ2v) is 5.02. The first-order chi connectivity index (χ1) is 10.1. The van der Waals surface area contributed by atoms with E-state index in [1.165, 1.54) is 0 Å². The van der Waals surface area contributed by atoms with Crippen molar-refractivity contribution < 1.29 is 4.79 Å². The molecule has 4 N–H and O–H groups in total. The van der Waals surface area contributed by atoms with Crippen molar-refractivity contribution in [2.24, 2.45) is 5.73 Å². The molecule has 1 aromatic carbocycles. The van der Waals surface area contributed by atoms with Gasteiger partial charge in [-0.2, -0.15) is 0 Å². The zero-order valence-corrected chi connectivity index (χ0v) is 12.3. The summed E-state index contributed by atoms with van der Waals surface area (Å²) in [5.41, 5.74) is 9.66. The number of aryl methyl sites for hydroxylation is 1. The van der Waals surface area contributed by atoms with E-state index in [9.17, 15) is 4.79 Å². The highest BCUT2D eigenvalue weighted by Crippen LogP contribution is 2.14. The van der Waals surface area contributed by atoms with E-state index in [1.807, 2.05) is 44.2 Å². The second-order valence-electron chi connectivity index (χ2n) is 5.02. The Morgan fingerprint density at radius 1 is 1.29 bits per heavy atom. The van der Waals surface area contributed by atoms with Crippen LogP contribution in [0.15, 0.2) is 42.7 Å². The maximum Gasteiger partial charge on any atom is 0.319 e. The SMILES string of the molecule is Cc1ccncc1CNC(=O)Nc1ccc(C(C)N)cc1. The number of rotatable bonds is 4. The van der Waals surface area contributed by atoms with Crippen LogP contribution in [0.2, 0.25) is 0 Å². The quantitative estimate of drug-likeness (QED) is 0.807. The molecule has 2 amide bonds. The van der Waals surface area contributed by atoms with Gasteiger partial charge in [0.1, 0.15) is 0 Å². The molecule has 0 saturated heterocycles. The van der Waals surface area contributed by atoms with Gasteiger partial charge in [-0.1, -0.05) is 12.1 Å². The molecule has 110 valence electrons. The van der Waals surface area contributed by atoms with E-state index >= 15 is 0 Å². The predicted octanol–water partition coefficient (Wildman–Crippen LogP) is 2.73. The molecule has 0 aliphatic carbocycles. The Hall–Kier alpha value is -2.40. The van der Waals surface area contributed by atoms with Gasteiger partial charge in [0, 0.05) is 30.7 Å². The minimum atomic E-state index is -0.244. The van der Waals surface area contributed by atoms with Crippen molar-refractivity contribution in [3.63, 3.8) is 0 Å². The maximum absolute atomic E-state index is 11.8. The van der Waals surface area contributed by atoms with Crippen LogP contribution in [0.25, 0.3) is 0 Å². The van der Waals surface area contributed by atoms with Crippen LogP contribution >= 0.6 is 0 Å². The number of pyridine rings is 1. The summed E-state index contributed by atoms with van der Waals surface area (Å²) < 4.78 is 0. The van der Waals surface area contributed by atoms with Gasteiger partial charge in [-0.15, -0.1) is 0 Å². The zero-order valence-electron chi connectivity index (χ0n) is 12.3. The first-order valence-corrected chi connectivity index (χ1v) is 6.86. The van der Waals surface area contributed by atoms with Gasteiger partial charge in [-0.3, -0.25) is 4.98 Å². The molecule has 1 unspecified atom stereocenters. The number of carbonyl (C=O) groups excluding carboxylic acids is 1. The van der Waals surface area contributed by atoms with Crippen molar-refractivity contribution in [3.8, 4) is 0 Å². The highest BCUT2D eigenvalue weighted by molar-refractivity contribution is 5.89. The molecule has 0 bridgehead atoms. The van der Waals surface area contributed by atoms with Crippen molar-refractivity contribution in [3.05, 3.63) is 59.4 Å². The van der Waals surface area contributed by atoms with Gasteiger partial charge in [0.15, 0.2) is 0 Å².